The Labute approximate surface area is 194 Å². The average molecular weight is 512 g/mol. The van der Waals surface area contributed by atoms with Gasteiger partial charge in [0, 0.05) is 15.7 Å². The van der Waals surface area contributed by atoms with Crippen molar-refractivity contribution in [2.45, 2.75) is 11.5 Å². The number of nitrogens with one attached hydrogen (secondary N) is 1. The fourth-order valence-electron chi connectivity index (χ4n) is 2.73. The number of nitriles is 1. The van der Waals surface area contributed by atoms with Gasteiger partial charge in [0.25, 0.3) is 5.91 Å². The van der Waals surface area contributed by atoms with Crippen LogP contribution in [0.2, 0.25) is 0 Å². The maximum Gasteiger partial charge on any atom is 0.266 e. The minimum absolute atomic E-state index is 0.0825. The smallest absolute Gasteiger partial charge is 0.266 e. The van der Waals surface area contributed by atoms with Crippen molar-refractivity contribution in [2.24, 2.45) is 5.14 Å². The Kier molecular flexibility index (Phi) is 7.43. The third-order valence-electron chi connectivity index (χ3n) is 4.31. The summed E-state index contributed by atoms with van der Waals surface area (Å²) >= 11 is 3.39. The van der Waals surface area contributed by atoms with Crippen LogP contribution in [0.25, 0.3) is 6.08 Å². The summed E-state index contributed by atoms with van der Waals surface area (Å²) in [7, 11) is -3.84. The highest BCUT2D eigenvalue weighted by Crippen LogP contribution is 2.27. The monoisotopic (exact) mass is 511 g/mol. The van der Waals surface area contributed by atoms with E-state index in [1.807, 2.05) is 36.4 Å². The van der Waals surface area contributed by atoms with Gasteiger partial charge in [-0.2, -0.15) is 5.26 Å². The summed E-state index contributed by atoms with van der Waals surface area (Å²) < 4.78 is 29.3. The van der Waals surface area contributed by atoms with Crippen molar-refractivity contribution in [1.82, 2.24) is 0 Å². The van der Waals surface area contributed by atoms with Crippen molar-refractivity contribution in [1.29, 1.82) is 5.26 Å². The SMILES string of the molecule is N#C/C(=C/c1cc(Br)ccc1OCc1ccccc1)C(=O)Nc1ccc(S(N)(=O)=O)cc1. The predicted molar refractivity (Wildman–Crippen MR) is 125 cm³/mol. The summed E-state index contributed by atoms with van der Waals surface area (Å²) in [5.41, 5.74) is 1.69. The van der Waals surface area contributed by atoms with Gasteiger partial charge in [0.1, 0.15) is 24.0 Å². The summed E-state index contributed by atoms with van der Waals surface area (Å²) in [5, 5.41) is 17.2. The Bertz CT molecular complexity index is 1300. The molecule has 0 radical (unpaired) electrons. The number of rotatable bonds is 7. The zero-order chi connectivity index (χ0) is 23.1. The first kappa shape index (κ1) is 23.2. The van der Waals surface area contributed by atoms with Crippen molar-refractivity contribution >= 4 is 43.6 Å². The first-order chi connectivity index (χ1) is 15.3. The Morgan fingerprint density at radius 3 is 2.41 bits per heavy atom. The number of carbonyl (C=O) groups excluding carboxylic acids is 1. The van der Waals surface area contributed by atoms with E-state index < -0.39 is 15.9 Å². The van der Waals surface area contributed by atoms with Gasteiger partial charge in [-0.05, 0) is 54.1 Å². The number of primary sulfonamides is 1. The normalized spacial score (nSPS) is 11.5. The molecule has 0 unspecified atom stereocenters. The topological polar surface area (TPSA) is 122 Å². The summed E-state index contributed by atoms with van der Waals surface area (Å²) in [6, 6.07) is 22.1. The molecule has 3 rings (SSSR count). The number of ether oxygens (including phenoxy) is 1. The molecular weight excluding hydrogens is 494 g/mol. The van der Waals surface area contributed by atoms with E-state index in [0.717, 1.165) is 10.0 Å². The summed E-state index contributed by atoms with van der Waals surface area (Å²) in [5.74, 6) is -0.139. The Hall–Kier alpha value is -3.45. The number of amides is 1. The van der Waals surface area contributed by atoms with E-state index >= 15 is 0 Å². The lowest BCUT2D eigenvalue weighted by atomic mass is 10.1. The number of sulfonamides is 1. The highest BCUT2D eigenvalue weighted by molar-refractivity contribution is 9.10. The number of nitrogens with zero attached hydrogens (tertiary/aromatic N) is 1. The molecular formula is C23H18BrN3O4S. The third kappa shape index (κ3) is 6.28. The van der Waals surface area contributed by atoms with E-state index in [1.165, 1.54) is 30.3 Å². The lowest BCUT2D eigenvalue weighted by molar-refractivity contribution is -0.112. The van der Waals surface area contributed by atoms with E-state index in [-0.39, 0.29) is 10.5 Å². The number of carbonyl (C=O) groups is 1. The number of halogens is 1. The van der Waals surface area contributed by atoms with Gasteiger partial charge in [-0.15, -0.1) is 0 Å². The molecule has 0 spiro atoms. The minimum Gasteiger partial charge on any atom is -0.488 e. The number of hydrogen-bond donors (Lipinski definition) is 2. The fourth-order valence-corrected chi connectivity index (χ4v) is 3.62. The molecule has 0 aliphatic carbocycles. The van der Waals surface area contributed by atoms with Crippen molar-refractivity contribution in [3.05, 3.63) is 94.0 Å². The zero-order valence-electron chi connectivity index (χ0n) is 16.7. The molecule has 0 aliphatic rings. The van der Waals surface area contributed by atoms with Gasteiger partial charge in [0.05, 0.1) is 4.90 Å². The maximum atomic E-state index is 12.6. The summed E-state index contributed by atoms with van der Waals surface area (Å²) in [6.07, 6.45) is 1.43. The molecule has 0 saturated carbocycles. The molecule has 32 heavy (non-hydrogen) atoms. The van der Waals surface area contributed by atoms with Gasteiger partial charge in [0.15, 0.2) is 0 Å². The predicted octanol–water partition coefficient (Wildman–Crippen LogP) is 4.22. The number of benzene rings is 3. The third-order valence-corrected chi connectivity index (χ3v) is 5.74. The zero-order valence-corrected chi connectivity index (χ0v) is 19.1. The molecule has 9 heteroatoms. The van der Waals surface area contributed by atoms with Gasteiger partial charge in [-0.1, -0.05) is 46.3 Å². The molecule has 1 amide bonds. The number of nitrogens with two attached hydrogens (primary N) is 1. The van der Waals surface area contributed by atoms with E-state index in [0.29, 0.717) is 23.6 Å². The quantitative estimate of drug-likeness (QED) is 0.363. The standard InChI is InChI=1S/C23H18BrN3O4S/c24-19-6-11-22(31-15-16-4-2-1-3-5-16)17(13-19)12-18(14-25)23(28)27-20-7-9-21(10-8-20)32(26,29)30/h1-13H,15H2,(H,27,28)(H2,26,29,30)/b18-12-. The molecule has 0 bridgehead atoms. The molecule has 162 valence electrons. The Morgan fingerprint density at radius 1 is 1.09 bits per heavy atom. The van der Waals surface area contributed by atoms with Crippen LogP contribution in [-0.4, -0.2) is 14.3 Å². The molecule has 0 saturated heterocycles. The second-order valence-corrected chi connectivity index (χ2v) is 9.13. The van der Waals surface area contributed by atoms with Crippen LogP contribution in [0, 0.1) is 11.3 Å². The fraction of sp³-hybridized carbons (Fsp3) is 0.0435. The summed E-state index contributed by atoms with van der Waals surface area (Å²) in [6.45, 7) is 0.327. The first-order valence-corrected chi connectivity index (χ1v) is 11.6. The van der Waals surface area contributed by atoms with Crippen LogP contribution in [0.15, 0.2) is 87.7 Å². The first-order valence-electron chi connectivity index (χ1n) is 9.28. The molecule has 3 N–H and O–H groups in total. The van der Waals surface area contributed by atoms with Crippen LogP contribution in [0.4, 0.5) is 5.69 Å². The second-order valence-electron chi connectivity index (χ2n) is 6.65. The lowest BCUT2D eigenvalue weighted by Crippen LogP contribution is -2.14. The highest BCUT2D eigenvalue weighted by Gasteiger charge is 2.13. The van der Waals surface area contributed by atoms with Crippen LogP contribution >= 0.6 is 15.9 Å². The number of anilines is 1. The van der Waals surface area contributed by atoms with E-state index in [1.54, 1.807) is 18.2 Å². The molecule has 3 aromatic rings. The van der Waals surface area contributed by atoms with Crippen molar-refractivity contribution in [3.63, 3.8) is 0 Å². The molecule has 3 aromatic carbocycles. The summed E-state index contributed by atoms with van der Waals surface area (Å²) in [4.78, 5) is 12.5. The maximum absolute atomic E-state index is 12.6. The van der Waals surface area contributed by atoms with Crippen LogP contribution in [0.1, 0.15) is 11.1 Å². The molecule has 0 atom stereocenters. The Morgan fingerprint density at radius 2 is 1.78 bits per heavy atom. The van der Waals surface area contributed by atoms with Crippen LogP contribution < -0.4 is 15.2 Å². The molecule has 7 nitrogen and oxygen atoms in total. The van der Waals surface area contributed by atoms with Gasteiger partial charge in [-0.25, -0.2) is 13.6 Å². The molecule has 0 aliphatic heterocycles. The largest absolute Gasteiger partial charge is 0.488 e. The van der Waals surface area contributed by atoms with Crippen LogP contribution in [0.3, 0.4) is 0 Å². The minimum atomic E-state index is -3.84. The molecule has 0 fully saturated rings. The van der Waals surface area contributed by atoms with E-state index in [4.69, 9.17) is 9.88 Å². The lowest BCUT2D eigenvalue weighted by Gasteiger charge is -2.11. The van der Waals surface area contributed by atoms with Crippen molar-refractivity contribution < 1.29 is 17.9 Å². The van der Waals surface area contributed by atoms with Gasteiger partial charge in [0.2, 0.25) is 10.0 Å². The van der Waals surface area contributed by atoms with Crippen LogP contribution in [-0.2, 0) is 21.4 Å². The van der Waals surface area contributed by atoms with Gasteiger partial charge < -0.3 is 10.1 Å². The van der Waals surface area contributed by atoms with Crippen molar-refractivity contribution in [2.75, 3.05) is 5.32 Å². The average Bonchev–Trinajstić information content (AvgIpc) is 2.77. The van der Waals surface area contributed by atoms with E-state index in [9.17, 15) is 18.5 Å². The van der Waals surface area contributed by atoms with Gasteiger partial charge >= 0.3 is 0 Å². The Balaban J connectivity index is 1.81. The van der Waals surface area contributed by atoms with Crippen LogP contribution in [0.5, 0.6) is 5.75 Å². The van der Waals surface area contributed by atoms with Crippen molar-refractivity contribution in [3.8, 4) is 11.8 Å². The molecule has 0 aromatic heterocycles. The molecule has 0 heterocycles. The second kappa shape index (κ2) is 10.2. The number of hydrogen-bond acceptors (Lipinski definition) is 5. The van der Waals surface area contributed by atoms with Gasteiger partial charge in [-0.3, -0.25) is 4.79 Å². The highest BCUT2D eigenvalue weighted by atomic mass is 79.9. The van der Waals surface area contributed by atoms with E-state index in [2.05, 4.69) is 21.2 Å².